The van der Waals surface area contributed by atoms with E-state index in [-0.39, 0.29) is 0 Å². The topological polar surface area (TPSA) is 46.2 Å². The zero-order valence-electron chi connectivity index (χ0n) is 11.0. The highest BCUT2D eigenvalue weighted by molar-refractivity contribution is 7.80. The molecule has 0 saturated carbocycles. The Labute approximate surface area is 114 Å². The Bertz CT molecular complexity index is 371. The molecule has 0 bridgehead atoms. The fourth-order valence-corrected chi connectivity index (χ4v) is 1.77. The number of nitrogens with one attached hydrogen (secondary N) is 2. The Morgan fingerprint density at radius 3 is 3.00 bits per heavy atom. The molecule has 0 amide bonds. The average Bonchev–Trinajstić information content (AvgIpc) is 2.41. The number of methoxy groups -OCH3 is 1. The highest BCUT2D eigenvalue weighted by Gasteiger charge is 2.02. The predicted molar refractivity (Wildman–Crippen MR) is 77.5 cm³/mol. The van der Waals surface area contributed by atoms with Crippen molar-refractivity contribution < 1.29 is 4.74 Å². The summed E-state index contributed by atoms with van der Waals surface area (Å²) in [6.45, 7) is 4.36. The maximum absolute atomic E-state index is 5.19. The highest BCUT2D eigenvalue weighted by Crippen LogP contribution is 2.05. The van der Waals surface area contributed by atoms with Gasteiger partial charge in [-0.05, 0) is 36.7 Å². The molecule has 1 heterocycles. The third kappa shape index (κ3) is 5.42. The molecule has 0 spiro atoms. The maximum atomic E-state index is 5.19. The molecule has 1 rings (SSSR count). The summed E-state index contributed by atoms with van der Waals surface area (Å²) in [5.41, 5.74) is 2.31. The van der Waals surface area contributed by atoms with Crippen LogP contribution in [0, 0.1) is 0 Å². The molecule has 0 aliphatic carbocycles. The fraction of sp³-hybridized carbons (Fsp3) is 0.538. The molecule has 0 atom stereocenters. The van der Waals surface area contributed by atoms with Gasteiger partial charge in [-0.3, -0.25) is 4.98 Å². The molecule has 0 aromatic carbocycles. The van der Waals surface area contributed by atoms with Gasteiger partial charge >= 0.3 is 0 Å². The minimum absolute atomic E-state index is 0.666. The Kier molecular flexibility index (Phi) is 7.29. The van der Waals surface area contributed by atoms with Crippen molar-refractivity contribution in [2.45, 2.75) is 26.3 Å². The van der Waals surface area contributed by atoms with E-state index in [1.807, 2.05) is 12.3 Å². The third-order valence-electron chi connectivity index (χ3n) is 2.59. The van der Waals surface area contributed by atoms with Crippen molar-refractivity contribution in [1.82, 2.24) is 15.6 Å². The number of thiocarbonyl (C=S) groups is 1. The van der Waals surface area contributed by atoms with Gasteiger partial charge in [0.05, 0.1) is 12.2 Å². The van der Waals surface area contributed by atoms with Crippen molar-refractivity contribution in [2.75, 3.05) is 20.3 Å². The van der Waals surface area contributed by atoms with Gasteiger partial charge in [0.1, 0.15) is 0 Å². The Morgan fingerprint density at radius 2 is 2.28 bits per heavy atom. The van der Waals surface area contributed by atoms with Crippen LogP contribution in [0.1, 0.15) is 24.6 Å². The van der Waals surface area contributed by atoms with E-state index >= 15 is 0 Å². The summed E-state index contributed by atoms with van der Waals surface area (Å²) in [5, 5.41) is 6.97. The van der Waals surface area contributed by atoms with Crippen molar-refractivity contribution >= 4 is 17.3 Å². The molecule has 0 fully saturated rings. The van der Waals surface area contributed by atoms with Crippen LogP contribution < -0.4 is 10.6 Å². The van der Waals surface area contributed by atoms with Crippen LogP contribution in [0.4, 0.5) is 0 Å². The van der Waals surface area contributed by atoms with E-state index in [4.69, 9.17) is 17.0 Å². The Balaban J connectivity index is 2.29. The number of nitrogens with zero attached hydrogens (tertiary/aromatic N) is 1. The number of hydrogen-bond donors (Lipinski definition) is 2. The van der Waals surface area contributed by atoms with Crippen LogP contribution >= 0.6 is 12.2 Å². The SMILES string of the molecule is CCc1cccnc1CNC(=S)NCCCOC. The lowest BCUT2D eigenvalue weighted by atomic mass is 10.1. The van der Waals surface area contributed by atoms with Crippen LogP contribution in [-0.2, 0) is 17.7 Å². The second kappa shape index (κ2) is 8.83. The molecule has 0 unspecified atom stereocenters. The molecule has 0 aliphatic rings. The number of hydrogen-bond acceptors (Lipinski definition) is 3. The van der Waals surface area contributed by atoms with Crippen LogP contribution in [0.15, 0.2) is 18.3 Å². The average molecular weight is 267 g/mol. The van der Waals surface area contributed by atoms with Gasteiger partial charge in [-0.15, -0.1) is 0 Å². The molecule has 18 heavy (non-hydrogen) atoms. The minimum atomic E-state index is 0.666. The lowest BCUT2D eigenvalue weighted by Gasteiger charge is -2.11. The van der Waals surface area contributed by atoms with E-state index in [1.54, 1.807) is 7.11 Å². The summed E-state index contributed by atoms with van der Waals surface area (Å²) in [6.07, 6.45) is 3.74. The normalized spacial score (nSPS) is 10.1. The van der Waals surface area contributed by atoms with Crippen molar-refractivity contribution in [2.24, 2.45) is 0 Å². The molecule has 0 radical (unpaired) electrons. The lowest BCUT2D eigenvalue weighted by Crippen LogP contribution is -2.36. The standard InChI is InChI=1S/C13H21N3OS/c1-3-11-6-4-7-14-12(11)10-16-13(18)15-8-5-9-17-2/h4,6-7H,3,5,8-10H2,1-2H3,(H2,15,16,18). The van der Waals surface area contributed by atoms with Crippen molar-refractivity contribution in [3.05, 3.63) is 29.6 Å². The van der Waals surface area contributed by atoms with E-state index in [0.717, 1.165) is 31.7 Å². The molecule has 4 nitrogen and oxygen atoms in total. The number of rotatable bonds is 7. The quantitative estimate of drug-likeness (QED) is 0.581. The number of aromatic nitrogens is 1. The highest BCUT2D eigenvalue weighted by atomic mass is 32.1. The second-order valence-corrected chi connectivity index (χ2v) is 4.33. The molecule has 5 heteroatoms. The molecule has 1 aromatic heterocycles. The van der Waals surface area contributed by atoms with E-state index in [0.29, 0.717) is 11.7 Å². The van der Waals surface area contributed by atoms with E-state index in [2.05, 4.69) is 28.6 Å². The molecular formula is C13H21N3OS. The van der Waals surface area contributed by atoms with Gasteiger partial charge < -0.3 is 15.4 Å². The Hall–Kier alpha value is -1.20. The van der Waals surface area contributed by atoms with Gasteiger partial charge in [-0.1, -0.05) is 13.0 Å². The van der Waals surface area contributed by atoms with Gasteiger partial charge in [0.25, 0.3) is 0 Å². The first-order valence-electron chi connectivity index (χ1n) is 6.21. The number of pyridine rings is 1. The fourth-order valence-electron chi connectivity index (χ4n) is 1.60. The molecule has 0 aliphatic heterocycles. The summed E-state index contributed by atoms with van der Waals surface area (Å²) < 4.78 is 4.97. The molecule has 100 valence electrons. The first-order valence-corrected chi connectivity index (χ1v) is 6.62. The first-order chi connectivity index (χ1) is 8.77. The van der Waals surface area contributed by atoms with Gasteiger partial charge in [0.2, 0.25) is 0 Å². The summed E-state index contributed by atoms with van der Waals surface area (Å²) in [5.74, 6) is 0. The third-order valence-corrected chi connectivity index (χ3v) is 2.88. The second-order valence-electron chi connectivity index (χ2n) is 3.92. The predicted octanol–water partition coefficient (Wildman–Crippen LogP) is 1.64. The number of ether oxygens (including phenoxy) is 1. The summed E-state index contributed by atoms with van der Waals surface area (Å²) >= 11 is 5.19. The van der Waals surface area contributed by atoms with Crippen molar-refractivity contribution in [1.29, 1.82) is 0 Å². The Morgan fingerprint density at radius 1 is 1.44 bits per heavy atom. The van der Waals surface area contributed by atoms with Gasteiger partial charge in [0, 0.05) is 26.5 Å². The minimum Gasteiger partial charge on any atom is -0.385 e. The van der Waals surface area contributed by atoms with Crippen LogP contribution in [0.25, 0.3) is 0 Å². The van der Waals surface area contributed by atoms with Crippen molar-refractivity contribution in [3.8, 4) is 0 Å². The van der Waals surface area contributed by atoms with Crippen LogP contribution in [-0.4, -0.2) is 30.4 Å². The number of aryl methyl sites for hydroxylation is 1. The summed E-state index contributed by atoms with van der Waals surface area (Å²) in [6, 6.07) is 4.06. The van der Waals surface area contributed by atoms with E-state index < -0.39 is 0 Å². The zero-order chi connectivity index (χ0) is 13.2. The monoisotopic (exact) mass is 267 g/mol. The summed E-state index contributed by atoms with van der Waals surface area (Å²) in [4.78, 5) is 4.36. The largest absolute Gasteiger partial charge is 0.385 e. The molecule has 2 N–H and O–H groups in total. The zero-order valence-corrected chi connectivity index (χ0v) is 11.8. The maximum Gasteiger partial charge on any atom is 0.166 e. The first kappa shape index (κ1) is 14.9. The molecule has 1 aromatic rings. The smallest absolute Gasteiger partial charge is 0.166 e. The van der Waals surface area contributed by atoms with Gasteiger partial charge in [-0.25, -0.2) is 0 Å². The van der Waals surface area contributed by atoms with Crippen LogP contribution in [0.5, 0.6) is 0 Å². The van der Waals surface area contributed by atoms with E-state index in [1.165, 1.54) is 5.56 Å². The molecular weight excluding hydrogens is 246 g/mol. The van der Waals surface area contributed by atoms with E-state index in [9.17, 15) is 0 Å². The molecule has 0 saturated heterocycles. The summed E-state index contributed by atoms with van der Waals surface area (Å²) in [7, 11) is 1.70. The van der Waals surface area contributed by atoms with Gasteiger partial charge in [0.15, 0.2) is 5.11 Å². The van der Waals surface area contributed by atoms with Crippen LogP contribution in [0.2, 0.25) is 0 Å². The lowest BCUT2D eigenvalue weighted by molar-refractivity contribution is 0.195. The van der Waals surface area contributed by atoms with Crippen LogP contribution in [0.3, 0.4) is 0 Å². The van der Waals surface area contributed by atoms with Gasteiger partial charge in [-0.2, -0.15) is 0 Å². The van der Waals surface area contributed by atoms with Crippen molar-refractivity contribution in [3.63, 3.8) is 0 Å².